The molecule has 0 aliphatic rings. The van der Waals surface area contributed by atoms with E-state index in [9.17, 15) is 0 Å². The van der Waals surface area contributed by atoms with Gasteiger partial charge in [0.1, 0.15) is 0 Å². The quantitative estimate of drug-likeness (QED) is 0.545. The van der Waals surface area contributed by atoms with Crippen molar-refractivity contribution in [1.29, 1.82) is 0 Å². The van der Waals surface area contributed by atoms with Crippen LogP contribution in [0.1, 0.15) is 48.5 Å². The molecule has 0 N–H and O–H groups in total. The Labute approximate surface area is 122 Å². The molecule has 5 heteroatoms. The zero-order chi connectivity index (χ0) is 14.9. The normalized spacial score (nSPS) is 15.8. The monoisotopic (exact) mass is 306 g/mol. The summed E-state index contributed by atoms with van der Waals surface area (Å²) in [5.74, 6) is 0. The third-order valence-corrected chi connectivity index (χ3v) is 12.8. The summed E-state index contributed by atoms with van der Waals surface area (Å²) in [7, 11) is -2.98. The molecule has 0 amide bonds. The zero-order valence-electron chi connectivity index (χ0n) is 14.0. The third-order valence-electron chi connectivity index (χ3n) is 4.44. The highest BCUT2D eigenvalue weighted by atomic mass is 28.3. The molecule has 0 aliphatic heterocycles. The molecule has 0 saturated carbocycles. The lowest BCUT2D eigenvalue weighted by Gasteiger charge is -2.37. The fourth-order valence-corrected chi connectivity index (χ4v) is 8.34. The lowest BCUT2D eigenvalue weighted by molar-refractivity contribution is 0.0534. The number of ether oxygens (including phenoxy) is 1. The molecule has 0 spiro atoms. The number of hydrogen-bond donors (Lipinski definition) is 0. The predicted molar refractivity (Wildman–Crippen MR) is 87.6 cm³/mol. The molecule has 0 aromatic carbocycles. The van der Waals surface area contributed by atoms with Crippen LogP contribution in [0.25, 0.3) is 0 Å². The first-order valence-corrected chi connectivity index (χ1v) is 12.2. The second-order valence-electron chi connectivity index (χ2n) is 5.19. The maximum Gasteiger partial charge on any atom is 0.351 e. The molecule has 0 heterocycles. The summed E-state index contributed by atoms with van der Waals surface area (Å²) in [5.41, 5.74) is 0.518. The van der Waals surface area contributed by atoms with E-state index in [1.54, 1.807) is 0 Å². The van der Waals surface area contributed by atoms with Crippen molar-refractivity contribution in [2.24, 2.45) is 0 Å². The van der Waals surface area contributed by atoms with E-state index in [0.717, 1.165) is 13.2 Å². The molecule has 0 fully saturated rings. The molecule has 0 aliphatic carbocycles. The van der Waals surface area contributed by atoms with Gasteiger partial charge in [-0.2, -0.15) is 0 Å². The van der Waals surface area contributed by atoms with Crippen molar-refractivity contribution in [3.8, 4) is 0 Å². The molecule has 2 unspecified atom stereocenters. The highest BCUT2D eigenvalue weighted by molar-refractivity contribution is 6.80. The largest absolute Gasteiger partial charge is 0.395 e. The van der Waals surface area contributed by atoms with Crippen LogP contribution in [0.15, 0.2) is 0 Å². The predicted octanol–water partition coefficient (Wildman–Crippen LogP) is 3.66. The summed E-state index contributed by atoms with van der Waals surface area (Å²) in [6, 6.07) is 3.89. The zero-order valence-corrected chi connectivity index (χ0v) is 16.1. The van der Waals surface area contributed by atoms with Gasteiger partial charge < -0.3 is 13.6 Å². The van der Waals surface area contributed by atoms with Gasteiger partial charge in [-0.15, -0.1) is 0 Å². The van der Waals surface area contributed by atoms with E-state index in [4.69, 9.17) is 13.6 Å². The summed E-state index contributed by atoms with van der Waals surface area (Å²) in [5, 5.41) is 0. The van der Waals surface area contributed by atoms with Crippen LogP contribution >= 0.6 is 0 Å². The first kappa shape index (κ1) is 19.3. The van der Waals surface area contributed by atoms with E-state index >= 15 is 0 Å². The third kappa shape index (κ3) is 5.67. The molecule has 0 saturated heterocycles. The fourth-order valence-electron chi connectivity index (χ4n) is 2.79. The SMILES string of the molecule is CCO[SiH](OCC)C(C)OC(C)[Si](CC)(CC)CC. The summed E-state index contributed by atoms with van der Waals surface area (Å²) in [4.78, 5) is 0. The number of rotatable bonds is 11. The highest BCUT2D eigenvalue weighted by Gasteiger charge is 2.37. The molecule has 0 radical (unpaired) electrons. The van der Waals surface area contributed by atoms with Gasteiger partial charge in [0, 0.05) is 18.9 Å². The first-order chi connectivity index (χ1) is 9.01. The van der Waals surface area contributed by atoms with Gasteiger partial charge in [-0.3, -0.25) is 0 Å². The Morgan fingerprint density at radius 3 is 1.58 bits per heavy atom. The van der Waals surface area contributed by atoms with Crippen LogP contribution in [0.2, 0.25) is 18.1 Å². The van der Waals surface area contributed by atoms with Gasteiger partial charge in [0.25, 0.3) is 0 Å². The van der Waals surface area contributed by atoms with Gasteiger partial charge >= 0.3 is 9.28 Å². The molecular weight excluding hydrogens is 272 g/mol. The van der Waals surface area contributed by atoms with Crippen molar-refractivity contribution >= 4 is 17.4 Å². The Balaban J connectivity index is 4.61. The molecular formula is C14H34O3Si2. The molecule has 0 aromatic heterocycles. The Hall–Kier alpha value is 0.314. The van der Waals surface area contributed by atoms with Crippen LogP contribution in [-0.4, -0.2) is 42.0 Å². The van der Waals surface area contributed by atoms with E-state index < -0.39 is 17.4 Å². The van der Waals surface area contributed by atoms with Crippen LogP contribution in [-0.2, 0) is 13.6 Å². The van der Waals surface area contributed by atoms with Gasteiger partial charge in [-0.25, -0.2) is 0 Å². The molecule has 2 atom stereocenters. The van der Waals surface area contributed by atoms with Crippen molar-refractivity contribution in [3.63, 3.8) is 0 Å². The Morgan fingerprint density at radius 2 is 1.26 bits per heavy atom. The van der Waals surface area contributed by atoms with E-state index in [1.807, 2.05) is 13.8 Å². The van der Waals surface area contributed by atoms with E-state index in [-0.39, 0.29) is 5.73 Å². The minimum atomic E-state index is -1.69. The first-order valence-electron chi connectivity index (χ1n) is 7.89. The molecule has 116 valence electrons. The lowest BCUT2D eigenvalue weighted by Crippen LogP contribution is -2.50. The summed E-state index contributed by atoms with van der Waals surface area (Å²) >= 11 is 0. The van der Waals surface area contributed by atoms with E-state index in [2.05, 4.69) is 34.6 Å². The topological polar surface area (TPSA) is 27.7 Å². The minimum Gasteiger partial charge on any atom is -0.395 e. The van der Waals surface area contributed by atoms with Crippen LogP contribution in [0.3, 0.4) is 0 Å². The second kappa shape index (κ2) is 10.1. The maximum absolute atomic E-state index is 6.33. The standard InChI is InChI=1S/C14H34O3Si2/c1-8-15-18(16-9-2)13(6)17-14(7)19(10-3,11-4)12-5/h13-14,18H,8-12H2,1-7H3. The van der Waals surface area contributed by atoms with Gasteiger partial charge in [0.15, 0.2) is 0 Å². The highest BCUT2D eigenvalue weighted by Crippen LogP contribution is 2.27. The van der Waals surface area contributed by atoms with Crippen LogP contribution < -0.4 is 0 Å². The molecule has 0 bridgehead atoms. The second-order valence-corrected chi connectivity index (χ2v) is 13.2. The molecule has 0 aromatic rings. The van der Waals surface area contributed by atoms with Crippen molar-refractivity contribution in [1.82, 2.24) is 0 Å². The van der Waals surface area contributed by atoms with Crippen molar-refractivity contribution < 1.29 is 13.6 Å². The summed E-state index contributed by atoms with van der Waals surface area (Å²) < 4.78 is 17.9. The fraction of sp³-hybridized carbons (Fsp3) is 1.00. The van der Waals surface area contributed by atoms with Gasteiger partial charge in [-0.1, -0.05) is 38.9 Å². The van der Waals surface area contributed by atoms with Gasteiger partial charge in [0.05, 0.1) is 13.8 Å². The van der Waals surface area contributed by atoms with Crippen molar-refractivity contribution in [2.75, 3.05) is 13.2 Å². The molecule has 3 nitrogen and oxygen atoms in total. The van der Waals surface area contributed by atoms with Crippen LogP contribution in [0.5, 0.6) is 0 Å². The van der Waals surface area contributed by atoms with E-state index in [0.29, 0.717) is 5.73 Å². The van der Waals surface area contributed by atoms with Gasteiger partial charge in [0.2, 0.25) is 0 Å². The molecule has 19 heavy (non-hydrogen) atoms. The lowest BCUT2D eigenvalue weighted by atomic mass is 10.8. The van der Waals surface area contributed by atoms with Crippen molar-refractivity contribution in [3.05, 3.63) is 0 Å². The van der Waals surface area contributed by atoms with Crippen molar-refractivity contribution in [2.45, 2.75) is 78.1 Å². The Kier molecular flexibility index (Phi) is 10.3. The van der Waals surface area contributed by atoms with E-state index in [1.165, 1.54) is 18.1 Å². The van der Waals surface area contributed by atoms with Crippen LogP contribution in [0.4, 0.5) is 0 Å². The molecule has 0 rings (SSSR count). The number of hydrogen-bond acceptors (Lipinski definition) is 3. The smallest absolute Gasteiger partial charge is 0.351 e. The average Bonchev–Trinajstić information content (AvgIpc) is 2.41. The summed E-state index contributed by atoms with van der Waals surface area (Å²) in [6.45, 7) is 16.9. The Bertz CT molecular complexity index is 208. The average molecular weight is 307 g/mol. The maximum atomic E-state index is 6.33. The minimum absolute atomic E-state index is 0.131. The van der Waals surface area contributed by atoms with Gasteiger partial charge in [-0.05, 0) is 27.7 Å². The summed E-state index contributed by atoms with van der Waals surface area (Å²) in [6.07, 6.45) is 0. The Morgan fingerprint density at radius 1 is 0.842 bits per heavy atom. The van der Waals surface area contributed by atoms with Crippen LogP contribution in [0, 0.1) is 0 Å².